The standard InChI is InChI=1S/C16H23NO2/c1-12(2)14-7-5-13(6-8-14)11-15(16(18)19)17-9-3-4-10-17/h5-8,12,15H,3-4,9-11H2,1-2H3,(H,18,19). The van der Waals surface area contributed by atoms with Crippen LogP contribution in [0.1, 0.15) is 43.7 Å². The Bertz CT molecular complexity index is 419. The number of aliphatic carboxylic acids is 1. The molecular weight excluding hydrogens is 238 g/mol. The van der Waals surface area contributed by atoms with Gasteiger partial charge in [0.05, 0.1) is 0 Å². The lowest BCUT2D eigenvalue weighted by Gasteiger charge is -2.23. The Kier molecular flexibility index (Phi) is 4.59. The van der Waals surface area contributed by atoms with Crippen LogP contribution in [0.3, 0.4) is 0 Å². The van der Waals surface area contributed by atoms with E-state index in [1.54, 1.807) is 0 Å². The lowest BCUT2D eigenvalue weighted by molar-refractivity contribution is -0.142. The molecule has 1 unspecified atom stereocenters. The Morgan fingerprint density at radius 1 is 1.21 bits per heavy atom. The van der Waals surface area contributed by atoms with Crippen molar-refractivity contribution >= 4 is 5.97 Å². The molecule has 1 aliphatic heterocycles. The Labute approximate surface area is 115 Å². The summed E-state index contributed by atoms with van der Waals surface area (Å²) in [7, 11) is 0. The molecule has 0 aliphatic carbocycles. The molecule has 0 amide bonds. The first-order chi connectivity index (χ1) is 9.08. The lowest BCUT2D eigenvalue weighted by Crippen LogP contribution is -2.40. The fourth-order valence-electron chi connectivity index (χ4n) is 2.69. The first-order valence-electron chi connectivity index (χ1n) is 7.13. The second-order valence-electron chi connectivity index (χ2n) is 5.70. The second kappa shape index (κ2) is 6.20. The molecule has 1 aromatic rings. The zero-order valence-electron chi connectivity index (χ0n) is 11.8. The minimum atomic E-state index is -0.699. The van der Waals surface area contributed by atoms with Crippen LogP contribution in [0.25, 0.3) is 0 Å². The molecule has 0 spiro atoms. The average Bonchev–Trinajstić information content (AvgIpc) is 2.89. The summed E-state index contributed by atoms with van der Waals surface area (Å²) in [4.78, 5) is 13.5. The van der Waals surface area contributed by atoms with E-state index < -0.39 is 5.97 Å². The van der Waals surface area contributed by atoms with E-state index >= 15 is 0 Å². The van der Waals surface area contributed by atoms with Gasteiger partial charge in [-0.15, -0.1) is 0 Å². The van der Waals surface area contributed by atoms with E-state index in [-0.39, 0.29) is 6.04 Å². The van der Waals surface area contributed by atoms with Crippen LogP contribution in [0.2, 0.25) is 0 Å². The van der Waals surface area contributed by atoms with Gasteiger partial charge in [-0.2, -0.15) is 0 Å². The molecule has 19 heavy (non-hydrogen) atoms. The quantitative estimate of drug-likeness (QED) is 0.886. The monoisotopic (exact) mass is 261 g/mol. The van der Waals surface area contributed by atoms with E-state index in [9.17, 15) is 9.90 Å². The highest BCUT2D eigenvalue weighted by Crippen LogP contribution is 2.19. The number of carbonyl (C=O) groups is 1. The Morgan fingerprint density at radius 3 is 2.26 bits per heavy atom. The van der Waals surface area contributed by atoms with Crippen LogP contribution in [0.15, 0.2) is 24.3 Å². The van der Waals surface area contributed by atoms with E-state index in [1.165, 1.54) is 5.56 Å². The van der Waals surface area contributed by atoms with E-state index in [1.807, 2.05) is 0 Å². The molecule has 1 saturated heterocycles. The van der Waals surface area contributed by atoms with Crippen LogP contribution < -0.4 is 0 Å². The van der Waals surface area contributed by atoms with Crippen molar-refractivity contribution in [3.63, 3.8) is 0 Å². The highest BCUT2D eigenvalue weighted by Gasteiger charge is 2.27. The van der Waals surface area contributed by atoms with Crippen molar-refractivity contribution in [3.05, 3.63) is 35.4 Å². The maximum Gasteiger partial charge on any atom is 0.321 e. The molecule has 0 bridgehead atoms. The van der Waals surface area contributed by atoms with Crippen molar-refractivity contribution in [1.82, 2.24) is 4.90 Å². The molecule has 104 valence electrons. The first-order valence-corrected chi connectivity index (χ1v) is 7.13. The molecule has 1 heterocycles. The van der Waals surface area contributed by atoms with Gasteiger partial charge in [0.1, 0.15) is 6.04 Å². The van der Waals surface area contributed by atoms with Gasteiger partial charge < -0.3 is 5.11 Å². The van der Waals surface area contributed by atoms with Crippen molar-refractivity contribution < 1.29 is 9.90 Å². The number of carboxylic acids is 1. The van der Waals surface area contributed by atoms with E-state index in [0.29, 0.717) is 12.3 Å². The molecule has 0 aromatic heterocycles. The van der Waals surface area contributed by atoms with Crippen LogP contribution in [0.4, 0.5) is 0 Å². The summed E-state index contributed by atoms with van der Waals surface area (Å²) >= 11 is 0. The molecule has 1 fully saturated rings. The normalized spacial score (nSPS) is 17.8. The minimum absolute atomic E-state index is 0.368. The summed E-state index contributed by atoms with van der Waals surface area (Å²) in [6.07, 6.45) is 2.85. The molecule has 1 aromatic carbocycles. The number of hydrogen-bond donors (Lipinski definition) is 1. The fourth-order valence-corrected chi connectivity index (χ4v) is 2.69. The van der Waals surface area contributed by atoms with Gasteiger partial charge in [0.25, 0.3) is 0 Å². The van der Waals surface area contributed by atoms with Gasteiger partial charge in [-0.25, -0.2) is 0 Å². The predicted molar refractivity (Wildman–Crippen MR) is 76.5 cm³/mol. The summed E-state index contributed by atoms with van der Waals surface area (Å²) in [6, 6.07) is 8.00. The van der Waals surface area contributed by atoms with E-state index in [4.69, 9.17) is 0 Å². The molecule has 0 radical (unpaired) electrons. The summed E-state index contributed by atoms with van der Waals surface area (Å²) < 4.78 is 0. The van der Waals surface area contributed by atoms with Crippen LogP contribution in [-0.2, 0) is 11.2 Å². The SMILES string of the molecule is CC(C)c1ccc(CC(C(=O)O)N2CCCC2)cc1. The molecule has 1 aliphatic rings. The number of hydrogen-bond acceptors (Lipinski definition) is 2. The third-order valence-corrected chi connectivity index (χ3v) is 3.94. The van der Waals surface area contributed by atoms with Gasteiger partial charge in [0, 0.05) is 0 Å². The third-order valence-electron chi connectivity index (χ3n) is 3.94. The number of nitrogens with zero attached hydrogens (tertiary/aromatic N) is 1. The highest BCUT2D eigenvalue weighted by molar-refractivity contribution is 5.74. The molecule has 1 atom stereocenters. The van der Waals surface area contributed by atoms with Crippen LogP contribution in [0.5, 0.6) is 0 Å². The fraction of sp³-hybridized carbons (Fsp3) is 0.562. The molecule has 0 saturated carbocycles. The van der Waals surface area contributed by atoms with Crippen molar-refractivity contribution in [2.24, 2.45) is 0 Å². The summed E-state index contributed by atoms with van der Waals surface area (Å²) in [6.45, 7) is 6.17. The predicted octanol–water partition coefficient (Wildman–Crippen LogP) is 2.90. The van der Waals surface area contributed by atoms with Gasteiger partial charge in [0.15, 0.2) is 0 Å². The van der Waals surface area contributed by atoms with Gasteiger partial charge in [-0.1, -0.05) is 38.1 Å². The maximum atomic E-state index is 11.4. The summed E-state index contributed by atoms with van der Waals surface area (Å²) in [5, 5.41) is 9.40. The first kappa shape index (κ1) is 14.1. The highest BCUT2D eigenvalue weighted by atomic mass is 16.4. The van der Waals surface area contributed by atoms with Gasteiger partial charge in [0.2, 0.25) is 0 Å². The van der Waals surface area contributed by atoms with E-state index in [2.05, 4.69) is 43.0 Å². The Hall–Kier alpha value is -1.35. The molecule has 3 heteroatoms. The minimum Gasteiger partial charge on any atom is -0.480 e. The lowest BCUT2D eigenvalue weighted by atomic mass is 9.99. The molecule has 2 rings (SSSR count). The summed E-state index contributed by atoms with van der Waals surface area (Å²) in [5.41, 5.74) is 2.42. The number of benzene rings is 1. The maximum absolute atomic E-state index is 11.4. The van der Waals surface area contributed by atoms with Crippen LogP contribution in [0, 0.1) is 0 Å². The van der Waals surface area contributed by atoms with Gasteiger partial charge in [-0.05, 0) is 49.4 Å². The molecular formula is C16H23NO2. The topological polar surface area (TPSA) is 40.5 Å². The van der Waals surface area contributed by atoms with E-state index in [0.717, 1.165) is 31.5 Å². The Balaban J connectivity index is 2.06. The number of carboxylic acid groups (broad SMARTS) is 1. The molecule has 3 nitrogen and oxygen atoms in total. The third kappa shape index (κ3) is 3.57. The summed E-state index contributed by atoms with van der Waals surface area (Å²) in [5.74, 6) is -0.183. The average molecular weight is 261 g/mol. The Morgan fingerprint density at radius 2 is 1.79 bits per heavy atom. The van der Waals surface area contributed by atoms with Gasteiger partial charge >= 0.3 is 5.97 Å². The van der Waals surface area contributed by atoms with Crippen molar-refractivity contribution in [2.45, 2.75) is 45.1 Å². The largest absolute Gasteiger partial charge is 0.480 e. The van der Waals surface area contributed by atoms with Crippen LogP contribution >= 0.6 is 0 Å². The second-order valence-corrected chi connectivity index (χ2v) is 5.70. The zero-order valence-corrected chi connectivity index (χ0v) is 11.8. The van der Waals surface area contributed by atoms with Crippen molar-refractivity contribution in [1.29, 1.82) is 0 Å². The van der Waals surface area contributed by atoms with Crippen molar-refractivity contribution in [3.8, 4) is 0 Å². The smallest absolute Gasteiger partial charge is 0.321 e. The zero-order chi connectivity index (χ0) is 13.8. The number of likely N-dealkylation sites (tertiary alicyclic amines) is 1. The van der Waals surface area contributed by atoms with Crippen LogP contribution in [-0.4, -0.2) is 35.1 Å². The number of rotatable bonds is 5. The van der Waals surface area contributed by atoms with Crippen molar-refractivity contribution in [2.75, 3.05) is 13.1 Å². The molecule has 1 N–H and O–H groups in total. The van der Waals surface area contributed by atoms with Gasteiger partial charge in [-0.3, -0.25) is 9.69 Å².